The van der Waals surface area contributed by atoms with Crippen molar-refractivity contribution >= 4 is 5.84 Å². The van der Waals surface area contributed by atoms with Crippen molar-refractivity contribution < 1.29 is 0 Å². The van der Waals surface area contributed by atoms with Gasteiger partial charge in [0.1, 0.15) is 0 Å². The molecule has 0 bridgehead atoms. The summed E-state index contributed by atoms with van der Waals surface area (Å²) in [7, 11) is 0. The van der Waals surface area contributed by atoms with Crippen molar-refractivity contribution in [3.63, 3.8) is 0 Å². The van der Waals surface area contributed by atoms with Gasteiger partial charge in [0.05, 0.1) is 5.84 Å². The Morgan fingerprint density at radius 3 is 2.87 bits per heavy atom. The highest BCUT2D eigenvalue weighted by molar-refractivity contribution is 5.79. The van der Waals surface area contributed by atoms with E-state index in [9.17, 15) is 0 Å². The molecule has 3 heteroatoms. The van der Waals surface area contributed by atoms with Crippen molar-refractivity contribution in [2.45, 2.75) is 39.5 Å². The van der Waals surface area contributed by atoms with Crippen LogP contribution in [0.4, 0.5) is 0 Å². The van der Waals surface area contributed by atoms with Gasteiger partial charge in [-0.2, -0.15) is 0 Å². The first-order valence-corrected chi connectivity index (χ1v) is 6.16. The van der Waals surface area contributed by atoms with Crippen LogP contribution in [-0.4, -0.2) is 30.4 Å². The van der Waals surface area contributed by atoms with E-state index in [1.165, 1.54) is 32.4 Å². The molecule has 0 spiro atoms. The zero-order valence-corrected chi connectivity index (χ0v) is 10.1. The van der Waals surface area contributed by atoms with Crippen LogP contribution in [0.15, 0.2) is 0 Å². The maximum atomic E-state index is 7.48. The van der Waals surface area contributed by atoms with Gasteiger partial charge in [0.2, 0.25) is 0 Å². The van der Waals surface area contributed by atoms with Gasteiger partial charge >= 0.3 is 0 Å². The van der Waals surface area contributed by atoms with Crippen LogP contribution in [0.3, 0.4) is 0 Å². The van der Waals surface area contributed by atoms with E-state index < -0.39 is 0 Å². The Balaban J connectivity index is 2.21. The summed E-state index contributed by atoms with van der Waals surface area (Å²) in [5.74, 6) is 1.50. The van der Waals surface area contributed by atoms with Crippen LogP contribution >= 0.6 is 0 Å². The number of nitrogens with one attached hydrogen (secondary N) is 1. The van der Waals surface area contributed by atoms with Gasteiger partial charge in [-0.05, 0) is 44.7 Å². The normalized spacial score (nSPS) is 23.3. The van der Waals surface area contributed by atoms with Gasteiger partial charge < -0.3 is 10.6 Å². The Labute approximate surface area is 93.5 Å². The second-order valence-electron chi connectivity index (χ2n) is 5.13. The minimum Gasteiger partial charge on any atom is -0.387 e. The van der Waals surface area contributed by atoms with Gasteiger partial charge in [0.25, 0.3) is 0 Å². The topological polar surface area (TPSA) is 53.1 Å². The number of likely N-dealkylation sites (tertiary alicyclic amines) is 1. The average Bonchev–Trinajstić information content (AvgIpc) is 2.17. The van der Waals surface area contributed by atoms with Crippen LogP contribution in [0.2, 0.25) is 0 Å². The largest absolute Gasteiger partial charge is 0.387 e. The molecule has 88 valence electrons. The van der Waals surface area contributed by atoms with Crippen molar-refractivity contribution in [1.29, 1.82) is 5.41 Å². The summed E-state index contributed by atoms with van der Waals surface area (Å²) >= 11 is 0. The fourth-order valence-corrected chi connectivity index (χ4v) is 2.24. The standard InChI is InChI=1S/C12H25N3/c1-10(2)5-3-7-15-8-4-6-11(9-15)12(13)14/h10-11H,3-9H2,1-2H3,(H3,13,14). The zero-order valence-electron chi connectivity index (χ0n) is 10.1. The number of hydrogen-bond acceptors (Lipinski definition) is 2. The molecule has 0 aromatic carbocycles. The third kappa shape index (κ3) is 4.65. The van der Waals surface area contributed by atoms with Crippen molar-refractivity contribution in [1.82, 2.24) is 4.90 Å². The van der Waals surface area contributed by atoms with E-state index in [0.29, 0.717) is 11.8 Å². The van der Waals surface area contributed by atoms with Crippen LogP contribution in [0.5, 0.6) is 0 Å². The Bertz CT molecular complexity index is 201. The van der Waals surface area contributed by atoms with Crippen molar-refractivity contribution in [2.24, 2.45) is 17.6 Å². The van der Waals surface area contributed by atoms with Crippen LogP contribution in [0.1, 0.15) is 39.5 Å². The summed E-state index contributed by atoms with van der Waals surface area (Å²) in [6, 6.07) is 0. The van der Waals surface area contributed by atoms with E-state index in [4.69, 9.17) is 11.1 Å². The van der Waals surface area contributed by atoms with Gasteiger partial charge in [-0.3, -0.25) is 5.41 Å². The molecule has 0 aromatic rings. The predicted molar refractivity (Wildman–Crippen MR) is 65.2 cm³/mol. The number of piperidine rings is 1. The molecule has 1 fully saturated rings. The van der Waals surface area contributed by atoms with Gasteiger partial charge in [-0.1, -0.05) is 13.8 Å². The molecular formula is C12H25N3. The monoisotopic (exact) mass is 211 g/mol. The van der Waals surface area contributed by atoms with E-state index in [0.717, 1.165) is 18.9 Å². The predicted octanol–water partition coefficient (Wildman–Crippen LogP) is 2.07. The van der Waals surface area contributed by atoms with Gasteiger partial charge in [-0.15, -0.1) is 0 Å². The van der Waals surface area contributed by atoms with Crippen molar-refractivity contribution in [3.8, 4) is 0 Å². The number of hydrogen-bond donors (Lipinski definition) is 2. The van der Waals surface area contributed by atoms with E-state index in [1.54, 1.807) is 0 Å². The molecule has 0 radical (unpaired) electrons. The summed E-state index contributed by atoms with van der Waals surface area (Å²) in [5.41, 5.74) is 5.56. The molecule has 0 aliphatic carbocycles. The number of nitrogens with two attached hydrogens (primary N) is 1. The molecule has 0 saturated carbocycles. The van der Waals surface area contributed by atoms with Gasteiger partial charge in [-0.25, -0.2) is 0 Å². The molecule has 15 heavy (non-hydrogen) atoms. The van der Waals surface area contributed by atoms with Gasteiger partial charge in [0, 0.05) is 12.5 Å². The number of amidine groups is 1. The van der Waals surface area contributed by atoms with Crippen LogP contribution in [0, 0.1) is 17.2 Å². The second-order valence-corrected chi connectivity index (χ2v) is 5.13. The Kier molecular flexibility index (Phi) is 5.09. The summed E-state index contributed by atoms with van der Waals surface area (Å²) in [5, 5.41) is 7.48. The minimum absolute atomic E-state index is 0.317. The molecule has 1 aliphatic rings. The Morgan fingerprint density at radius 2 is 2.27 bits per heavy atom. The molecule has 1 aliphatic heterocycles. The first kappa shape index (κ1) is 12.5. The zero-order chi connectivity index (χ0) is 11.3. The fraction of sp³-hybridized carbons (Fsp3) is 0.917. The Morgan fingerprint density at radius 1 is 1.53 bits per heavy atom. The SMILES string of the molecule is CC(C)CCCN1CCCC(C(=N)N)C1. The van der Waals surface area contributed by atoms with Crippen LogP contribution < -0.4 is 5.73 Å². The summed E-state index contributed by atoms with van der Waals surface area (Å²) < 4.78 is 0. The molecular weight excluding hydrogens is 186 g/mol. The number of rotatable bonds is 5. The lowest BCUT2D eigenvalue weighted by molar-refractivity contribution is 0.197. The molecule has 0 amide bonds. The lowest BCUT2D eigenvalue weighted by atomic mass is 9.96. The summed E-state index contributed by atoms with van der Waals surface area (Å²) in [4.78, 5) is 2.47. The quantitative estimate of drug-likeness (QED) is 0.540. The lowest BCUT2D eigenvalue weighted by Gasteiger charge is -2.32. The Hall–Kier alpha value is -0.570. The smallest absolute Gasteiger partial charge is 0.0949 e. The van der Waals surface area contributed by atoms with Crippen LogP contribution in [0.25, 0.3) is 0 Å². The molecule has 1 rings (SSSR count). The maximum absolute atomic E-state index is 7.48. The van der Waals surface area contributed by atoms with Crippen molar-refractivity contribution in [3.05, 3.63) is 0 Å². The first-order chi connectivity index (χ1) is 7.09. The van der Waals surface area contributed by atoms with E-state index in [1.807, 2.05) is 0 Å². The highest BCUT2D eigenvalue weighted by Gasteiger charge is 2.21. The molecule has 3 N–H and O–H groups in total. The maximum Gasteiger partial charge on any atom is 0.0949 e. The molecule has 1 saturated heterocycles. The fourth-order valence-electron chi connectivity index (χ4n) is 2.24. The second kappa shape index (κ2) is 6.11. The van der Waals surface area contributed by atoms with Crippen molar-refractivity contribution in [2.75, 3.05) is 19.6 Å². The molecule has 3 nitrogen and oxygen atoms in total. The van der Waals surface area contributed by atoms with Gasteiger partial charge in [0.15, 0.2) is 0 Å². The third-order valence-corrected chi connectivity index (χ3v) is 3.20. The third-order valence-electron chi connectivity index (χ3n) is 3.20. The molecule has 1 atom stereocenters. The van der Waals surface area contributed by atoms with E-state index >= 15 is 0 Å². The molecule has 0 aromatic heterocycles. The summed E-state index contributed by atoms with van der Waals surface area (Å²) in [6.07, 6.45) is 4.89. The summed E-state index contributed by atoms with van der Waals surface area (Å²) in [6.45, 7) is 7.93. The highest BCUT2D eigenvalue weighted by Crippen LogP contribution is 2.17. The molecule has 1 heterocycles. The number of nitrogens with zero attached hydrogens (tertiary/aromatic N) is 1. The van der Waals surface area contributed by atoms with Crippen LogP contribution in [-0.2, 0) is 0 Å². The van der Waals surface area contributed by atoms with E-state index in [-0.39, 0.29) is 0 Å². The lowest BCUT2D eigenvalue weighted by Crippen LogP contribution is -2.41. The van der Waals surface area contributed by atoms with E-state index in [2.05, 4.69) is 18.7 Å². The average molecular weight is 211 g/mol. The highest BCUT2D eigenvalue weighted by atomic mass is 15.1. The minimum atomic E-state index is 0.317. The first-order valence-electron chi connectivity index (χ1n) is 6.16. The molecule has 1 unspecified atom stereocenters.